The van der Waals surface area contributed by atoms with Crippen LogP contribution in [0.4, 0.5) is 0 Å². The van der Waals surface area contributed by atoms with Crippen molar-refractivity contribution in [3.05, 3.63) is 12.2 Å². The normalized spacial score (nSPS) is 14.5. The van der Waals surface area contributed by atoms with Crippen LogP contribution in [0.5, 0.6) is 0 Å². The molecule has 0 saturated carbocycles. The quantitative estimate of drug-likeness (QED) is 0.0363. The number of aliphatic hydroxyl groups is 1. The maximum absolute atomic E-state index is 11.8. The lowest BCUT2D eigenvalue weighted by Crippen LogP contribution is -2.37. The average Bonchev–Trinajstić information content (AvgIpc) is 2.86. The molecule has 8 nitrogen and oxygen atoms in total. The van der Waals surface area contributed by atoms with Gasteiger partial charge in [-0.1, -0.05) is 96.1 Å². The van der Waals surface area contributed by atoms with Gasteiger partial charge in [-0.2, -0.15) is 0 Å². The zero-order valence-electron chi connectivity index (χ0n) is 25.6. The number of hydrogen-bond acceptors (Lipinski definition) is 7. The molecule has 0 radical (unpaired) electrons. The Labute approximate surface area is 239 Å². The number of hydrogen-bond donors (Lipinski definition) is 1. The van der Waals surface area contributed by atoms with E-state index in [0.717, 1.165) is 19.3 Å². The Hall–Kier alpha value is -0.760. The molecule has 0 aliphatic rings. The molecule has 0 aliphatic heterocycles. The number of rotatable bonds is 28. The molecule has 39 heavy (non-hydrogen) atoms. The van der Waals surface area contributed by atoms with Crippen LogP contribution in [0, 0.1) is 0 Å². The van der Waals surface area contributed by atoms with E-state index in [1.807, 2.05) is 21.1 Å². The molecule has 0 heterocycles. The van der Waals surface area contributed by atoms with Gasteiger partial charge in [0.2, 0.25) is 0 Å². The zero-order chi connectivity index (χ0) is 29.2. The van der Waals surface area contributed by atoms with Crippen molar-refractivity contribution in [1.29, 1.82) is 0 Å². The van der Waals surface area contributed by atoms with Crippen LogP contribution < -0.4 is 4.89 Å². The Morgan fingerprint density at radius 1 is 0.795 bits per heavy atom. The van der Waals surface area contributed by atoms with Crippen LogP contribution in [0.3, 0.4) is 0 Å². The second-order valence-electron chi connectivity index (χ2n) is 11.7. The number of quaternary nitrogens is 1. The van der Waals surface area contributed by atoms with Gasteiger partial charge in [-0.25, -0.2) is 0 Å². The molecule has 0 amide bonds. The van der Waals surface area contributed by atoms with Crippen LogP contribution in [-0.2, 0) is 23.1 Å². The Balaban J connectivity index is 3.50. The van der Waals surface area contributed by atoms with Gasteiger partial charge in [0.1, 0.15) is 25.9 Å². The largest absolute Gasteiger partial charge is 0.756 e. The van der Waals surface area contributed by atoms with Gasteiger partial charge in [-0.3, -0.25) is 9.36 Å². The van der Waals surface area contributed by atoms with Gasteiger partial charge >= 0.3 is 5.97 Å². The van der Waals surface area contributed by atoms with Crippen molar-refractivity contribution in [3.8, 4) is 0 Å². The molecule has 0 bridgehead atoms. The molecule has 232 valence electrons. The number of esters is 1. The van der Waals surface area contributed by atoms with E-state index in [-0.39, 0.29) is 19.2 Å². The summed E-state index contributed by atoms with van der Waals surface area (Å²) in [5, 5.41) is 9.83. The fourth-order valence-corrected chi connectivity index (χ4v) is 4.73. The van der Waals surface area contributed by atoms with E-state index in [0.29, 0.717) is 17.4 Å². The fourth-order valence-electron chi connectivity index (χ4n) is 4.00. The Kier molecular flexibility index (Phi) is 24.5. The van der Waals surface area contributed by atoms with Crippen molar-refractivity contribution in [2.45, 2.75) is 129 Å². The van der Waals surface area contributed by atoms with E-state index >= 15 is 0 Å². The standard InChI is InChI=1S/C30H60NO7P/c1-5-6-7-8-9-10-11-12-13-14-15-16-17-18-19-20-21-22-23-24-30(33)36-27-29(32)28-38-39(34,35)37-26-25-31(2,3)4/h12-13,29,32H,5-11,14-28H2,1-4H3/b13-12-/t29-/m1/s1. The minimum Gasteiger partial charge on any atom is -0.756 e. The van der Waals surface area contributed by atoms with Gasteiger partial charge in [0.05, 0.1) is 27.7 Å². The number of likely N-dealkylation sites (N-methyl/N-ethyl adjacent to an activating group) is 1. The lowest BCUT2D eigenvalue weighted by molar-refractivity contribution is -0.870. The topological polar surface area (TPSA) is 105 Å². The number of unbranched alkanes of at least 4 members (excludes halogenated alkanes) is 15. The van der Waals surface area contributed by atoms with Crippen molar-refractivity contribution >= 4 is 13.8 Å². The molecular formula is C30H60NO7P. The van der Waals surface area contributed by atoms with Crippen LogP contribution in [0.25, 0.3) is 0 Å². The SMILES string of the molecule is CCCCCCCC/C=C\CCCCCCCCCCCC(=O)OC[C@@H](O)COP(=O)([O-])OCC[N+](C)(C)C. The first kappa shape index (κ1) is 38.2. The number of nitrogens with zero attached hydrogens (tertiary/aromatic N) is 1. The number of ether oxygens (including phenoxy) is 1. The number of allylic oxidation sites excluding steroid dienone is 2. The summed E-state index contributed by atoms with van der Waals surface area (Å²) >= 11 is 0. The number of phosphoric acid groups is 1. The molecule has 0 aliphatic carbocycles. The summed E-state index contributed by atoms with van der Waals surface area (Å²) in [6.07, 6.45) is 24.9. The average molecular weight is 578 g/mol. The van der Waals surface area contributed by atoms with Crippen LogP contribution in [0.2, 0.25) is 0 Å². The minimum atomic E-state index is -4.49. The number of carbonyl (C=O) groups excluding carboxylic acids is 1. The summed E-state index contributed by atoms with van der Waals surface area (Å²) in [5.41, 5.74) is 0. The van der Waals surface area contributed by atoms with E-state index in [9.17, 15) is 19.4 Å². The number of aliphatic hydroxyl groups excluding tert-OH is 1. The fraction of sp³-hybridized carbons (Fsp3) is 0.900. The second kappa shape index (κ2) is 25.0. The van der Waals surface area contributed by atoms with E-state index in [2.05, 4.69) is 23.6 Å². The Morgan fingerprint density at radius 2 is 1.28 bits per heavy atom. The molecule has 9 heteroatoms. The molecule has 0 spiro atoms. The molecule has 0 fully saturated rings. The molecule has 0 rings (SSSR count). The van der Waals surface area contributed by atoms with Gasteiger partial charge in [0.15, 0.2) is 0 Å². The predicted molar refractivity (Wildman–Crippen MR) is 157 cm³/mol. The van der Waals surface area contributed by atoms with Crippen molar-refractivity contribution in [1.82, 2.24) is 0 Å². The molecule has 2 atom stereocenters. The smallest absolute Gasteiger partial charge is 0.305 e. The van der Waals surface area contributed by atoms with Crippen LogP contribution in [0.1, 0.15) is 122 Å². The lowest BCUT2D eigenvalue weighted by Gasteiger charge is -2.27. The second-order valence-corrected chi connectivity index (χ2v) is 13.1. The van der Waals surface area contributed by atoms with Crippen molar-refractivity contribution in [3.63, 3.8) is 0 Å². The molecular weight excluding hydrogens is 517 g/mol. The highest BCUT2D eigenvalue weighted by Gasteiger charge is 2.16. The van der Waals surface area contributed by atoms with Gasteiger partial charge < -0.3 is 28.3 Å². The summed E-state index contributed by atoms with van der Waals surface area (Å²) in [5.74, 6) is -0.389. The lowest BCUT2D eigenvalue weighted by atomic mass is 10.1. The molecule has 0 aromatic heterocycles. The first-order chi connectivity index (χ1) is 18.6. The third kappa shape index (κ3) is 30.0. The molecule has 0 saturated heterocycles. The van der Waals surface area contributed by atoms with Crippen molar-refractivity contribution < 1.29 is 37.6 Å². The highest BCUT2D eigenvalue weighted by molar-refractivity contribution is 7.45. The van der Waals surface area contributed by atoms with Gasteiger partial charge in [0.25, 0.3) is 7.82 Å². The molecule has 1 unspecified atom stereocenters. The summed E-state index contributed by atoms with van der Waals surface area (Å²) in [6, 6.07) is 0. The predicted octanol–water partition coefficient (Wildman–Crippen LogP) is 6.70. The van der Waals surface area contributed by atoms with Gasteiger partial charge in [-0.15, -0.1) is 0 Å². The summed E-state index contributed by atoms with van der Waals surface area (Å²) < 4.78 is 26.7. The minimum absolute atomic E-state index is 0.00733. The third-order valence-electron chi connectivity index (χ3n) is 6.52. The van der Waals surface area contributed by atoms with E-state index in [1.165, 1.54) is 89.9 Å². The summed E-state index contributed by atoms with van der Waals surface area (Å²) in [6.45, 7) is 1.94. The molecule has 0 aromatic rings. The van der Waals surface area contributed by atoms with Gasteiger partial charge in [-0.05, 0) is 32.1 Å². The van der Waals surface area contributed by atoms with Crippen LogP contribution >= 0.6 is 7.82 Å². The highest BCUT2D eigenvalue weighted by atomic mass is 31.2. The van der Waals surface area contributed by atoms with Crippen molar-refractivity contribution in [2.24, 2.45) is 0 Å². The van der Waals surface area contributed by atoms with Crippen LogP contribution in [-0.4, -0.2) is 69.2 Å². The molecule has 1 N–H and O–H groups in total. The number of phosphoric ester groups is 1. The number of carbonyl (C=O) groups is 1. The van der Waals surface area contributed by atoms with Crippen molar-refractivity contribution in [2.75, 3.05) is 47.5 Å². The van der Waals surface area contributed by atoms with Gasteiger partial charge in [0, 0.05) is 6.42 Å². The van der Waals surface area contributed by atoms with E-state index in [4.69, 9.17) is 9.26 Å². The van der Waals surface area contributed by atoms with E-state index < -0.39 is 20.5 Å². The summed E-state index contributed by atoms with van der Waals surface area (Å²) in [7, 11) is 1.25. The Morgan fingerprint density at radius 3 is 1.79 bits per heavy atom. The van der Waals surface area contributed by atoms with Crippen LogP contribution in [0.15, 0.2) is 12.2 Å². The Bertz CT molecular complexity index is 652. The first-order valence-electron chi connectivity index (χ1n) is 15.4. The third-order valence-corrected chi connectivity index (χ3v) is 7.48. The maximum Gasteiger partial charge on any atom is 0.305 e. The molecule has 0 aromatic carbocycles. The maximum atomic E-state index is 11.8. The zero-order valence-corrected chi connectivity index (χ0v) is 26.5. The summed E-state index contributed by atoms with van der Waals surface area (Å²) in [4.78, 5) is 23.6. The highest BCUT2D eigenvalue weighted by Crippen LogP contribution is 2.38. The monoisotopic (exact) mass is 577 g/mol. The van der Waals surface area contributed by atoms with E-state index in [1.54, 1.807) is 0 Å². The first-order valence-corrected chi connectivity index (χ1v) is 16.9.